The molecule has 0 aliphatic heterocycles. The zero-order chi connectivity index (χ0) is 26.2. The second kappa shape index (κ2) is 12.5. The Balaban J connectivity index is 1.91. The highest BCUT2D eigenvalue weighted by atomic mass is 79.9. The third kappa shape index (κ3) is 6.00. The summed E-state index contributed by atoms with van der Waals surface area (Å²) in [5, 5.41) is 4.96. The second-order valence-electron chi connectivity index (χ2n) is 7.20. The van der Waals surface area contributed by atoms with Crippen LogP contribution in [0.4, 0.5) is 5.00 Å². The normalized spacial score (nSPS) is 10.7. The number of rotatable bonds is 10. The SMILES string of the molecule is CCOC(=O)c1c(-c2ccc(OC)c(OC)c2)csc1NC(=O)/C=C/c1cc(Br)c(OC)c(OC)c1. The van der Waals surface area contributed by atoms with Crippen LogP contribution in [0, 0.1) is 0 Å². The zero-order valence-corrected chi connectivity index (χ0v) is 22.9. The van der Waals surface area contributed by atoms with Crippen LogP contribution in [0.2, 0.25) is 0 Å². The predicted octanol–water partition coefficient (Wildman–Crippen LogP) is 6.04. The van der Waals surface area contributed by atoms with E-state index in [0.717, 1.165) is 11.1 Å². The van der Waals surface area contributed by atoms with Crippen molar-refractivity contribution in [3.05, 3.63) is 57.4 Å². The molecule has 1 amide bonds. The first-order valence-corrected chi connectivity index (χ1v) is 12.5. The summed E-state index contributed by atoms with van der Waals surface area (Å²) in [5.74, 6) is 1.22. The number of thiophene rings is 1. The monoisotopic (exact) mass is 575 g/mol. The number of esters is 1. The van der Waals surface area contributed by atoms with E-state index in [1.165, 1.54) is 31.6 Å². The number of hydrogen-bond donors (Lipinski definition) is 1. The number of anilines is 1. The molecule has 3 rings (SSSR count). The molecule has 0 unspecified atom stereocenters. The first-order chi connectivity index (χ1) is 17.4. The topological polar surface area (TPSA) is 92.3 Å². The molecule has 2 aromatic carbocycles. The molecule has 0 aliphatic carbocycles. The summed E-state index contributed by atoms with van der Waals surface area (Å²) >= 11 is 4.67. The quantitative estimate of drug-likeness (QED) is 0.232. The first-order valence-electron chi connectivity index (χ1n) is 10.8. The van der Waals surface area contributed by atoms with Crippen molar-refractivity contribution in [1.29, 1.82) is 0 Å². The van der Waals surface area contributed by atoms with E-state index in [4.69, 9.17) is 23.7 Å². The number of benzene rings is 2. The number of carbonyl (C=O) groups excluding carboxylic acids is 2. The second-order valence-corrected chi connectivity index (χ2v) is 8.94. The smallest absolute Gasteiger partial charge is 0.341 e. The molecular formula is C26H26BrNO7S. The van der Waals surface area contributed by atoms with Crippen molar-refractivity contribution in [2.45, 2.75) is 6.92 Å². The number of ether oxygens (including phenoxy) is 5. The Morgan fingerprint density at radius 1 is 0.972 bits per heavy atom. The van der Waals surface area contributed by atoms with Crippen molar-refractivity contribution < 1.29 is 33.3 Å². The molecule has 1 heterocycles. The summed E-state index contributed by atoms with van der Waals surface area (Å²) in [5.41, 5.74) is 2.32. The van der Waals surface area contributed by atoms with Gasteiger partial charge in [0.1, 0.15) is 10.6 Å². The van der Waals surface area contributed by atoms with E-state index in [1.807, 2.05) is 6.07 Å². The maximum Gasteiger partial charge on any atom is 0.341 e. The van der Waals surface area contributed by atoms with Gasteiger partial charge >= 0.3 is 5.97 Å². The van der Waals surface area contributed by atoms with E-state index in [2.05, 4.69) is 21.2 Å². The van der Waals surface area contributed by atoms with Gasteiger partial charge in [0.25, 0.3) is 0 Å². The third-order valence-electron chi connectivity index (χ3n) is 5.08. The van der Waals surface area contributed by atoms with E-state index >= 15 is 0 Å². The molecule has 0 aliphatic rings. The fourth-order valence-corrected chi connectivity index (χ4v) is 5.01. The van der Waals surface area contributed by atoms with Gasteiger partial charge in [0.2, 0.25) is 5.91 Å². The summed E-state index contributed by atoms with van der Waals surface area (Å²) in [7, 11) is 6.17. The van der Waals surface area contributed by atoms with Gasteiger partial charge in [-0.15, -0.1) is 11.3 Å². The summed E-state index contributed by atoms with van der Waals surface area (Å²) in [6, 6.07) is 8.88. The zero-order valence-electron chi connectivity index (χ0n) is 20.5. The summed E-state index contributed by atoms with van der Waals surface area (Å²) in [6.07, 6.45) is 3.01. The van der Waals surface area contributed by atoms with Crippen molar-refractivity contribution in [2.75, 3.05) is 40.4 Å². The average molecular weight is 576 g/mol. The van der Waals surface area contributed by atoms with Gasteiger partial charge < -0.3 is 29.0 Å². The number of hydrogen-bond acceptors (Lipinski definition) is 8. The standard InChI is InChI=1S/C26H26BrNO7S/c1-6-35-26(30)23-17(16-8-9-19(31-2)20(13-16)32-3)14-36-25(23)28-22(29)10-7-15-11-18(27)24(34-5)21(12-15)33-4/h7-14H,6H2,1-5H3,(H,28,29)/b10-7+. The fraction of sp³-hybridized carbons (Fsp3) is 0.231. The van der Waals surface area contributed by atoms with Gasteiger partial charge in [0, 0.05) is 17.0 Å². The number of carbonyl (C=O) groups is 2. The summed E-state index contributed by atoms with van der Waals surface area (Å²) in [4.78, 5) is 25.6. The molecule has 0 radical (unpaired) electrons. The minimum absolute atomic E-state index is 0.196. The van der Waals surface area contributed by atoms with E-state index in [1.54, 1.807) is 56.9 Å². The Bertz CT molecular complexity index is 1290. The van der Waals surface area contributed by atoms with E-state index in [9.17, 15) is 9.59 Å². The maximum absolute atomic E-state index is 12.9. The van der Waals surface area contributed by atoms with Crippen LogP contribution in [0.15, 0.2) is 46.3 Å². The molecule has 0 saturated heterocycles. The number of amides is 1. The molecule has 10 heteroatoms. The lowest BCUT2D eigenvalue weighted by atomic mass is 10.0. The minimum Gasteiger partial charge on any atom is -0.493 e. The van der Waals surface area contributed by atoms with Crippen molar-refractivity contribution >= 4 is 50.2 Å². The third-order valence-corrected chi connectivity index (χ3v) is 6.57. The van der Waals surface area contributed by atoms with Crippen molar-refractivity contribution in [2.24, 2.45) is 0 Å². The van der Waals surface area contributed by atoms with E-state index in [0.29, 0.717) is 38.0 Å². The van der Waals surface area contributed by atoms with Gasteiger partial charge in [-0.05, 0) is 64.3 Å². The van der Waals surface area contributed by atoms with Crippen molar-refractivity contribution in [3.63, 3.8) is 0 Å². The molecule has 0 atom stereocenters. The molecule has 0 saturated carbocycles. The Hall–Kier alpha value is -3.50. The Morgan fingerprint density at radius 2 is 1.69 bits per heavy atom. The van der Waals surface area contributed by atoms with Gasteiger partial charge in [-0.1, -0.05) is 6.07 Å². The Morgan fingerprint density at radius 3 is 2.33 bits per heavy atom. The lowest BCUT2D eigenvalue weighted by Gasteiger charge is -2.11. The van der Waals surface area contributed by atoms with Gasteiger partial charge in [-0.2, -0.15) is 0 Å². The fourth-order valence-electron chi connectivity index (χ4n) is 3.43. The Kier molecular flexibility index (Phi) is 9.38. The first kappa shape index (κ1) is 27.1. The Labute approximate surface area is 221 Å². The van der Waals surface area contributed by atoms with Crippen LogP contribution in [0.1, 0.15) is 22.8 Å². The lowest BCUT2D eigenvalue weighted by Crippen LogP contribution is -2.12. The minimum atomic E-state index is -0.536. The van der Waals surface area contributed by atoms with Gasteiger partial charge in [0.05, 0.1) is 39.5 Å². The lowest BCUT2D eigenvalue weighted by molar-refractivity contribution is -0.111. The van der Waals surface area contributed by atoms with Crippen molar-refractivity contribution in [1.82, 2.24) is 0 Å². The van der Waals surface area contributed by atoms with Crippen LogP contribution in [0.3, 0.4) is 0 Å². The maximum atomic E-state index is 12.9. The highest BCUT2D eigenvalue weighted by molar-refractivity contribution is 9.10. The van der Waals surface area contributed by atoms with E-state index in [-0.39, 0.29) is 12.2 Å². The number of halogens is 1. The van der Waals surface area contributed by atoms with Crippen LogP contribution in [-0.2, 0) is 9.53 Å². The van der Waals surface area contributed by atoms with Crippen LogP contribution in [-0.4, -0.2) is 46.9 Å². The molecule has 3 aromatic rings. The summed E-state index contributed by atoms with van der Waals surface area (Å²) < 4.78 is 27.3. The summed E-state index contributed by atoms with van der Waals surface area (Å²) in [6.45, 7) is 1.92. The van der Waals surface area contributed by atoms with Crippen LogP contribution < -0.4 is 24.3 Å². The predicted molar refractivity (Wildman–Crippen MR) is 144 cm³/mol. The van der Waals surface area contributed by atoms with Gasteiger partial charge in [0.15, 0.2) is 23.0 Å². The van der Waals surface area contributed by atoms with Gasteiger partial charge in [-0.25, -0.2) is 4.79 Å². The average Bonchev–Trinajstić information content (AvgIpc) is 3.30. The molecule has 0 fully saturated rings. The number of methoxy groups -OCH3 is 4. The number of nitrogens with one attached hydrogen (secondary N) is 1. The van der Waals surface area contributed by atoms with Gasteiger partial charge in [-0.3, -0.25) is 4.79 Å². The molecule has 8 nitrogen and oxygen atoms in total. The van der Waals surface area contributed by atoms with Crippen molar-refractivity contribution in [3.8, 4) is 34.1 Å². The highest BCUT2D eigenvalue weighted by Gasteiger charge is 2.23. The molecule has 36 heavy (non-hydrogen) atoms. The molecule has 1 aromatic heterocycles. The molecule has 0 bridgehead atoms. The molecule has 1 N–H and O–H groups in total. The van der Waals surface area contributed by atoms with E-state index < -0.39 is 11.9 Å². The molecular weight excluding hydrogens is 550 g/mol. The van der Waals surface area contributed by atoms with Crippen LogP contribution in [0.25, 0.3) is 17.2 Å². The molecule has 190 valence electrons. The van der Waals surface area contributed by atoms with Crippen LogP contribution in [0.5, 0.6) is 23.0 Å². The van der Waals surface area contributed by atoms with Crippen LogP contribution >= 0.6 is 27.3 Å². The highest BCUT2D eigenvalue weighted by Crippen LogP contribution is 2.40. The molecule has 0 spiro atoms. The largest absolute Gasteiger partial charge is 0.493 e.